The van der Waals surface area contributed by atoms with Crippen molar-refractivity contribution in [2.75, 3.05) is 24.4 Å². The molecule has 3 heterocycles. The van der Waals surface area contributed by atoms with Crippen molar-refractivity contribution < 1.29 is 9.53 Å². The van der Waals surface area contributed by atoms with Crippen molar-refractivity contribution in [3.8, 4) is 17.1 Å². The minimum absolute atomic E-state index is 0.0247. The maximum absolute atomic E-state index is 13.7. The van der Waals surface area contributed by atoms with E-state index in [0.717, 1.165) is 33.8 Å². The van der Waals surface area contributed by atoms with Gasteiger partial charge in [-0.05, 0) is 61.0 Å². The second kappa shape index (κ2) is 9.87. The Labute approximate surface area is 210 Å². The van der Waals surface area contributed by atoms with Crippen molar-refractivity contribution in [3.05, 3.63) is 65.2 Å². The predicted molar refractivity (Wildman–Crippen MR) is 140 cm³/mol. The molecule has 1 amide bonds. The summed E-state index contributed by atoms with van der Waals surface area (Å²) in [6.45, 7) is 10.3. The molecule has 8 heteroatoms. The Morgan fingerprint density at radius 3 is 2.60 bits per heavy atom. The van der Waals surface area contributed by atoms with Crippen LogP contribution in [0.3, 0.4) is 0 Å². The Morgan fingerprint density at radius 2 is 1.83 bits per heavy atom. The standard InChI is InChI=1S/C27H31N5O2S/c1-16(2)23-14-28-13-20-15-32(23)26(33)19-9-6-10-21(11-19)35-31-27-29-22(12-24(30-27)34-20)25-17(3)7-5-8-18(25)4/h5-12,16,20,23,28H,13-15H2,1-4H3,(H,29,30,31)/t20-,23+/m1/s1. The monoisotopic (exact) mass is 489 g/mol. The predicted octanol–water partition coefficient (Wildman–Crippen LogP) is 4.71. The van der Waals surface area contributed by atoms with Crippen molar-refractivity contribution in [2.24, 2.45) is 5.92 Å². The van der Waals surface area contributed by atoms with E-state index in [4.69, 9.17) is 9.72 Å². The first-order chi connectivity index (χ1) is 16.9. The van der Waals surface area contributed by atoms with Crippen LogP contribution in [0.5, 0.6) is 5.88 Å². The molecule has 0 spiro atoms. The number of nitrogens with zero attached hydrogens (tertiary/aromatic N) is 3. The van der Waals surface area contributed by atoms with Crippen LogP contribution in [0, 0.1) is 19.8 Å². The summed E-state index contributed by atoms with van der Waals surface area (Å²) in [6, 6.07) is 15.9. The van der Waals surface area contributed by atoms with E-state index in [1.54, 1.807) is 0 Å². The van der Waals surface area contributed by atoms with Crippen molar-refractivity contribution in [1.82, 2.24) is 20.2 Å². The molecule has 1 saturated heterocycles. The molecule has 0 unspecified atom stereocenters. The Morgan fingerprint density at radius 1 is 1.06 bits per heavy atom. The van der Waals surface area contributed by atoms with E-state index in [-0.39, 0.29) is 18.1 Å². The Balaban J connectivity index is 1.61. The van der Waals surface area contributed by atoms with Crippen LogP contribution >= 0.6 is 11.9 Å². The van der Waals surface area contributed by atoms with Gasteiger partial charge >= 0.3 is 0 Å². The summed E-state index contributed by atoms with van der Waals surface area (Å²) in [5, 5.41) is 3.51. The van der Waals surface area contributed by atoms with E-state index < -0.39 is 0 Å². The lowest BCUT2D eigenvalue weighted by Crippen LogP contribution is -2.48. The molecule has 2 atom stereocenters. The molecule has 5 rings (SSSR count). The molecule has 0 aliphatic carbocycles. The van der Waals surface area contributed by atoms with Crippen LogP contribution in [0.4, 0.5) is 5.95 Å². The molecule has 2 N–H and O–H groups in total. The van der Waals surface area contributed by atoms with Gasteiger partial charge in [0.05, 0.1) is 12.2 Å². The molecule has 7 nitrogen and oxygen atoms in total. The zero-order chi connectivity index (χ0) is 24.5. The van der Waals surface area contributed by atoms with Crippen LogP contribution in [-0.4, -0.2) is 52.6 Å². The number of aryl methyl sites for hydroxylation is 2. The highest BCUT2D eigenvalue weighted by Crippen LogP contribution is 2.31. The number of carbonyl (C=O) groups is 1. The molecule has 0 radical (unpaired) electrons. The maximum Gasteiger partial charge on any atom is 0.254 e. The lowest BCUT2D eigenvalue weighted by atomic mass is 10.00. The van der Waals surface area contributed by atoms with Crippen LogP contribution < -0.4 is 14.8 Å². The number of hydrogen-bond acceptors (Lipinski definition) is 7. The highest BCUT2D eigenvalue weighted by molar-refractivity contribution is 8.00. The summed E-state index contributed by atoms with van der Waals surface area (Å²) in [4.78, 5) is 26.1. The topological polar surface area (TPSA) is 79.4 Å². The molecule has 1 fully saturated rings. The van der Waals surface area contributed by atoms with Gasteiger partial charge in [0, 0.05) is 41.2 Å². The molecule has 2 aliphatic rings. The van der Waals surface area contributed by atoms with Crippen LogP contribution in [0.2, 0.25) is 0 Å². The first-order valence-electron chi connectivity index (χ1n) is 12.1. The Hall–Kier alpha value is -3.10. The number of amides is 1. The van der Waals surface area contributed by atoms with Gasteiger partial charge in [0.1, 0.15) is 6.10 Å². The third-order valence-electron chi connectivity index (χ3n) is 6.63. The number of ether oxygens (including phenoxy) is 1. The van der Waals surface area contributed by atoms with Crippen molar-refractivity contribution in [3.63, 3.8) is 0 Å². The number of fused-ring (bicyclic) bond motifs is 6. The third-order valence-corrected chi connectivity index (χ3v) is 7.40. The Kier molecular flexibility index (Phi) is 6.67. The summed E-state index contributed by atoms with van der Waals surface area (Å²) in [6.07, 6.45) is -0.243. The Bertz CT molecular complexity index is 1230. The summed E-state index contributed by atoms with van der Waals surface area (Å²) >= 11 is 1.39. The lowest BCUT2D eigenvalue weighted by molar-refractivity contribution is 0.0554. The number of nitrogens with one attached hydrogen (secondary N) is 2. The highest BCUT2D eigenvalue weighted by atomic mass is 32.2. The van der Waals surface area contributed by atoms with Crippen LogP contribution in [0.1, 0.15) is 35.3 Å². The highest BCUT2D eigenvalue weighted by Gasteiger charge is 2.33. The zero-order valence-electron chi connectivity index (χ0n) is 20.5. The first kappa shape index (κ1) is 23.6. The molecular formula is C27H31N5O2S. The van der Waals surface area contributed by atoms with Gasteiger partial charge in [0.15, 0.2) is 0 Å². The summed E-state index contributed by atoms with van der Waals surface area (Å²) in [5.74, 6) is 1.30. The minimum atomic E-state index is -0.243. The quantitative estimate of drug-likeness (QED) is 0.505. The van der Waals surface area contributed by atoms with E-state index in [1.165, 1.54) is 11.9 Å². The van der Waals surface area contributed by atoms with Crippen LogP contribution in [0.25, 0.3) is 11.3 Å². The maximum atomic E-state index is 13.7. The van der Waals surface area contributed by atoms with Gasteiger partial charge in [-0.15, -0.1) is 0 Å². The van der Waals surface area contributed by atoms with E-state index in [9.17, 15) is 4.79 Å². The summed E-state index contributed by atoms with van der Waals surface area (Å²) in [5.41, 5.74) is 4.85. The summed E-state index contributed by atoms with van der Waals surface area (Å²) < 4.78 is 9.71. The minimum Gasteiger partial charge on any atom is -0.471 e. The lowest BCUT2D eigenvalue weighted by Gasteiger charge is -2.34. The van der Waals surface area contributed by atoms with E-state index in [0.29, 0.717) is 36.4 Å². The van der Waals surface area contributed by atoms with E-state index in [1.807, 2.05) is 35.2 Å². The molecule has 2 aliphatic heterocycles. The SMILES string of the molecule is Cc1cccc(C)c1-c1cc2nc(n1)NSc1cccc(c1)C(=O)N1C[C@@H](CNC[C@H]1C(C)C)O2. The first-order valence-corrected chi connectivity index (χ1v) is 12.9. The molecule has 2 aromatic carbocycles. The van der Waals surface area contributed by atoms with E-state index >= 15 is 0 Å². The largest absolute Gasteiger partial charge is 0.471 e. The van der Waals surface area contributed by atoms with E-state index in [2.05, 4.69) is 60.9 Å². The molecule has 35 heavy (non-hydrogen) atoms. The second-order valence-electron chi connectivity index (χ2n) is 9.58. The molecule has 182 valence electrons. The fourth-order valence-electron chi connectivity index (χ4n) is 4.84. The third kappa shape index (κ3) is 4.99. The number of rotatable bonds is 2. The summed E-state index contributed by atoms with van der Waals surface area (Å²) in [7, 11) is 0. The van der Waals surface area contributed by atoms with Gasteiger partial charge in [-0.25, -0.2) is 4.98 Å². The van der Waals surface area contributed by atoms with Gasteiger partial charge in [-0.2, -0.15) is 4.98 Å². The van der Waals surface area contributed by atoms with Crippen LogP contribution in [-0.2, 0) is 0 Å². The van der Waals surface area contributed by atoms with Gasteiger partial charge in [0.25, 0.3) is 5.91 Å². The molecule has 1 aromatic heterocycles. The number of hydrogen-bond donors (Lipinski definition) is 2. The van der Waals surface area contributed by atoms with Crippen molar-refractivity contribution >= 4 is 23.8 Å². The van der Waals surface area contributed by atoms with Gasteiger partial charge < -0.3 is 15.0 Å². The smallest absolute Gasteiger partial charge is 0.254 e. The van der Waals surface area contributed by atoms with Crippen molar-refractivity contribution in [1.29, 1.82) is 0 Å². The van der Waals surface area contributed by atoms with Gasteiger partial charge in [-0.3, -0.25) is 9.52 Å². The molecule has 6 bridgehead atoms. The number of aromatic nitrogens is 2. The fraction of sp³-hybridized carbons (Fsp3) is 0.370. The number of benzene rings is 2. The molecular weight excluding hydrogens is 458 g/mol. The van der Waals surface area contributed by atoms with Gasteiger partial charge in [0.2, 0.25) is 11.8 Å². The normalized spacial score (nSPS) is 20.1. The average Bonchev–Trinajstić information content (AvgIpc) is 3.04. The molecule has 0 saturated carbocycles. The molecule has 3 aromatic rings. The number of anilines is 1. The van der Waals surface area contributed by atoms with Gasteiger partial charge in [-0.1, -0.05) is 38.1 Å². The average molecular weight is 490 g/mol. The number of carbonyl (C=O) groups excluding carboxylic acids is 1. The fourth-order valence-corrected chi connectivity index (χ4v) is 5.47. The van der Waals surface area contributed by atoms with Crippen LogP contribution in [0.15, 0.2) is 53.4 Å². The zero-order valence-corrected chi connectivity index (χ0v) is 21.4. The van der Waals surface area contributed by atoms with Crippen molar-refractivity contribution in [2.45, 2.75) is 44.7 Å². The second-order valence-corrected chi connectivity index (χ2v) is 10.5.